The van der Waals surface area contributed by atoms with E-state index < -0.39 is 29.0 Å². The average Bonchev–Trinajstić information content (AvgIpc) is 3.13. The summed E-state index contributed by atoms with van der Waals surface area (Å²) in [4.78, 5) is 39.9. The molecule has 3 aromatic rings. The molecule has 0 bridgehead atoms. The summed E-state index contributed by atoms with van der Waals surface area (Å²) >= 11 is 7.21. The normalized spacial score (nSPS) is 10.6. The number of hydrogen-bond donors (Lipinski definition) is 4. The van der Waals surface area contributed by atoms with Crippen LogP contribution in [0.15, 0.2) is 40.5 Å². The Bertz CT molecular complexity index is 1160. The SMILES string of the molecule is Cn1c(-c2sccc2NC(=O)NCc2ccccc2Cl)nc(C(=O)O)c(O)c1=O. The second kappa shape index (κ2) is 8.33. The van der Waals surface area contributed by atoms with Gasteiger partial charge in [-0.1, -0.05) is 29.8 Å². The number of hydrogen-bond acceptors (Lipinski definition) is 6. The summed E-state index contributed by atoms with van der Waals surface area (Å²) in [5, 5.41) is 26.4. The molecule has 9 nitrogen and oxygen atoms in total. The van der Waals surface area contributed by atoms with Crippen molar-refractivity contribution in [3.05, 3.63) is 62.3 Å². The van der Waals surface area contributed by atoms with E-state index in [9.17, 15) is 19.5 Å². The highest BCUT2D eigenvalue weighted by molar-refractivity contribution is 7.14. The van der Waals surface area contributed by atoms with Crippen molar-refractivity contribution < 1.29 is 19.8 Å². The maximum absolute atomic E-state index is 12.3. The van der Waals surface area contributed by atoms with E-state index in [0.717, 1.165) is 21.5 Å². The number of nitrogens with zero attached hydrogens (tertiary/aromatic N) is 2. The molecule has 0 aliphatic heterocycles. The molecule has 0 unspecified atom stereocenters. The summed E-state index contributed by atoms with van der Waals surface area (Å²) in [5.74, 6) is -2.49. The first kappa shape index (κ1) is 20.4. The smallest absolute Gasteiger partial charge is 0.358 e. The lowest BCUT2D eigenvalue weighted by Crippen LogP contribution is -2.28. The number of anilines is 1. The summed E-state index contributed by atoms with van der Waals surface area (Å²) in [6.07, 6.45) is 0. The van der Waals surface area contributed by atoms with E-state index in [1.54, 1.807) is 35.7 Å². The average molecular weight is 435 g/mol. The number of nitrogens with one attached hydrogen (secondary N) is 2. The van der Waals surface area contributed by atoms with Crippen molar-refractivity contribution in [2.75, 3.05) is 5.32 Å². The number of halogens is 1. The van der Waals surface area contributed by atoms with Gasteiger partial charge in [0.05, 0.1) is 10.6 Å². The lowest BCUT2D eigenvalue weighted by atomic mass is 10.2. The second-order valence-electron chi connectivity index (χ2n) is 5.86. The molecular formula is C18H15ClN4O5S. The minimum atomic E-state index is -1.54. The number of amides is 2. The minimum Gasteiger partial charge on any atom is -0.501 e. The fraction of sp³-hybridized carbons (Fsp3) is 0.111. The molecule has 0 atom stereocenters. The Hall–Kier alpha value is -3.37. The van der Waals surface area contributed by atoms with Crippen LogP contribution < -0.4 is 16.2 Å². The van der Waals surface area contributed by atoms with Gasteiger partial charge in [-0.2, -0.15) is 0 Å². The Morgan fingerprint density at radius 2 is 2.00 bits per heavy atom. The first-order valence-electron chi connectivity index (χ1n) is 8.19. The Kier molecular flexibility index (Phi) is 5.85. The van der Waals surface area contributed by atoms with E-state index in [1.807, 2.05) is 0 Å². The van der Waals surface area contributed by atoms with Crippen LogP contribution in [-0.2, 0) is 13.6 Å². The lowest BCUT2D eigenvalue weighted by Gasteiger charge is -2.12. The standard InChI is InChI=1S/C18H15ClN4O5S/c1-23-15(22-12(17(26)27)13(24)16(23)25)14-11(6-7-29-14)21-18(28)20-8-9-4-2-3-5-10(9)19/h2-7,24H,8H2,1H3,(H,26,27)(H2,20,21,28). The number of rotatable bonds is 5. The van der Waals surface area contributed by atoms with Crippen LogP contribution in [0.4, 0.5) is 10.5 Å². The largest absolute Gasteiger partial charge is 0.501 e. The number of carbonyl (C=O) groups excluding carboxylic acids is 1. The predicted molar refractivity (Wildman–Crippen MR) is 109 cm³/mol. The number of benzene rings is 1. The topological polar surface area (TPSA) is 134 Å². The van der Waals surface area contributed by atoms with Crippen LogP contribution in [0.2, 0.25) is 5.02 Å². The van der Waals surface area contributed by atoms with Crippen molar-refractivity contribution in [1.29, 1.82) is 0 Å². The summed E-state index contributed by atoms with van der Waals surface area (Å²) < 4.78 is 1.01. The molecule has 3 rings (SSSR count). The molecule has 2 heterocycles. The third-order valence-corrected chi connectivity index (χ3v) is 5.26. The minimum absolute atomic E-state index is 0.00149. The maximum Gasteiger partial charge on any atom is 0.358 e. The number of carboxylic acid groups (broad SMARTS) is 1. The van der Waals surface area contributed by atoms with Gasteiger partial charge in [-0.3, -0.25) is 9.36 Å². The van der Waals surface area contributed by atoms with Crippen molar-refractivity contribution in [3.63, 3.8) is 0 Å². The van der Waals surface area contributed by atoms with E-state index >= 15 is 0 Å². The van der Waals surface area contributed by atoms with Gasteiger partial charge in [-0.05, 0) is 23.1 Å². The zero-order chi connectivity index (χ0) is 21.1. The van der Waals surface area contributed by atoms with Crippen LogP contribution in [0.3, 0.4) is 0 Å². The highest BCUT2D eigenvalue weighted by atomic mass is 35.5. The van der Waals surface area contributed by atoms with Crippen LogP contribution in [0.5, 0.6) is 5.75 Å². The summed E-state index contributed by atoms with van der Waals surface area (Å²) in [6, 6.07) is 8.15. The van der Waals surface area contributed by atoms with E-state index in [0.29, 0.717) is 15.6 Å². The molecule has 1 aromatic carbocycles. The first-order chi connectivity index (χ1) is 13.8. The van der Waals surface area contributed by atoms with Crippen LogP contribution in [0.1, 0.15) is 16.1 Å². The van der Waals surface area contributed by atoms with E-state index in [2.05, 4.69) is 15.6 Å². The Labute approximate surface area is 173 Å². The van der Waals surface area contributed by atoms with Gasteiger partial charge < -0.3 is 20.8 Å². The van der Waals surface area contributed by atoms with Gasteiger partial charge >= 0.3 is 12.0 Å². The molecule has 29 heavy (non-hydrogen) atoms. The van der Waals surface area contributed by atoms with Gasteiger partial charge in [-0.25, -0.2) is 14.6 Å². The number of aromatic carboxylic acids is 1. The molecule has 2 aromatic heterocycles. The third kappa shape index (κ3) is 4.23. The van der Waals surface area contributed by atoms with Gasteiger partial charge in [0.1, 0.15) is 0 Å². The number of thiophene rings is 1. The Morgan fingerprint density at radius 3 is 2.69 bits per heavy atom. The molecule has 0 aliphatic carbocycles. The second-order valence-corrected chi connectivity index (χ2v) is 7.19. The summed E-state index contributed by atoms with van der Waals surface area (Å²) in [5.41, 5.74) is -0.597. The molecule has 0 fully saturated rings. The number of aromatic nitrogens is 2. The molecule has 11 heteroatoms. The predicted octanol–water partition coefficient (Wildman–Crippen LogP) is 2.89. The summed E-state index contributed by atoms with van der Waals surface area (Å²) in [6.45, 7) is 0.198. The zero-order valence-corrected chi connectivity index (χ0v) is 16.5. The van der Waals surface area contributed by atoms with Crippen LogP contribution in [-0.4, -0.2) is 31.8 Å². The monoisotopic (exact) mass is 434 g/mol. The third-order valence-electron chi connectivity index (χ3n) is 3.98. The van der Waals surface area contributed by atoms with E-state index in [4.69, 9.17) is 16.7 Å². The van der Waals surface area contributed by atoms with Crippen molar-refractivity contribution in [2.24, 2.45) is 7.05 Å². The molecule has 0 saturated carbocycles. The molecule has 150 valence electrons. The van der Waals surface area contributed by atoms with Gasteiger partial charge in [0.2, 0.25) is 5.75 Å². The van der Waals surface area contributed by atoms with Gasteiger partial charge in [0.15, 0.2) is 11.5 Å². The fourth-order valence-corrected chi connectivity index (χ4v) is 3.58. The van der Waals surface area contributed by atoms with Crippen molar-refractivity contribution in [2.45, 2.75) is 6.54 Å². The number of urea groups is 1. The first-order valence-corrected chi connectivity index (χ1v) is 9.44. The zero-order valence-electron chi connectivity index (χ0n) is 15.0. The molecule has 4 N–H and O–H groups in total. The van der Waals surface area contributed by atoms with Crippen LogP contribution in [0.25, 0.3) is 10.7 Å². The van der Waals surface area contributed by atoms with Crippen molar-refractivity contribution in [1.82, 2.24) is 14.9 Å². The highest BCUT2D eigenvalue weighted by Crippen LogP contribution is 2.32. The van der Waals surface area contributed by atoms with Crippen molar-refractivity contribution in [3.8, 4) is 16.5 Å². The van der Waals surface area contributed by atoms with E-state index in [1.165, 1.54) is 7.05 Å². The molecular weight excluding hydrogens is 420 g/mol. The van der Waals surface area contributed by atoms with E-state index in [-0.39, 0.29) is 12.4 Å². The summed E-state index contributed by atoms with van der Waals surface area (Å²) in [7, 11) is 1.34. The molecule has 2 amide bonds. The Balaban J connectivity index is 1.85. The number of aromatic hydroxyl groups is 1. The van der Waals surface area contributed by atoms with Gasteiger partial charge in [0.25, 0.3) is 5.56 Å². The molecule has 0 radical (unpaired) electrons. The number of carbonyl (C=O) groups is 2. The number of carboxylic acids is 1. The lowest BCUT2D eigenvalue weighted by molar-refractivity contribution is 0.0686. The van der Waals surface area contributed by atoms with Crippen LogP contribution in [0, 0.1) is 0 Å². The molecule has 0 aliphatic rings. The van der Waals surface area contributed by atoms with Gasteiger partial charge in [0, 0.05) is 18.6 Å². The highest BCUT2D eigenvalue weighted by Gasteiger charge is 2.22. The quantitative estimate of drug-likeness (QED) is 0.488. The molecule has 0 spiro atoms. The van der Waals surface area contributed by atoms with Crippen molar-refractivity contribution >= 4 is 40.6 Å². The molecule has 0 saturated heterocycles. The fourth-order valence-electron chi connectivity index (χ4n) is 2.51. The maximum atomic E-state index is 12.3. The van der Waals surface area contributed by atoms with Crippen LogP contribution >= 0.6 is 22.9 Å². The Morgan fingerprint density at radius 1 is 1.28 bits per heavy atom. The van der Waals surface area contributed by atoms with Gasteiger partial charge in [-0.15, -0.1) is 11.3 Å².